The molecule has 3 aromatic rings. The summed E-state index contributed by atoms with van der Waals surface area (Å²) >= 11 is 0. The second kappa shape index (κ2) is 9.55. The first-order chi connectivity index (χ1) is 13.7. The van der Waals surface area contributed by atoms with Crippen molar-refractivity contribution in [3.63, 3.8) is 0 Å². The molecule has 0 radical (unpaired) electrons. The van der Waals surface area contributed by atoms with Crippen molar-refractivity contribution in [2.45, 2.75) is 25.3 Å². The Hall–Kier alpha value is -3.34. The van der Waals surface area contributed by atoms with E-state index in [4.69, 9.17) is 0 Å². The molecular formula is C23H24N3O2-. The minimum Gasteiger partial charge on any atom is -0.737 e. The molecule has 5 nitrogen and oxygen atoms in total. The van der Waals surface area contributed by atoms with Crippen LogP contribution < -0.4 is 0 Å². The Morgan fingerprint density at radius 2 is 1.21 bits per heavy atom. The van der Waals surface area contributed by atoms with Gasteiger partial charge in [-0.15, -0.1) is 5.01 Å². The van der Waals surface area contributed by atoms with E-state index in [1.54, 1.807) is 0 Å². The maximum absolute atomic E-state index is 12.2. The van der Waals surface area contributed by atoms with Crippen molar-refractivity contribution < 1.29 is 4.97 Å². The van der Waals surface area contributed by atoms with Gasteiger partial charge in [0.25, 0.3) is 0 Å². The molecule has 0 aliphatic rings. The van der Waals surface area contributed by atoms with Crippen LogP contribution in [0.15, 0.2) is 96.3 Å². The van der Waals surface area contributed by atoms with Gasteiger partial charge in [0.05, 0.1) is 6.54 Å². The van der Waals surface area contributed by atoms with Crippen LogP contribution in [0.3, 0.4) is 0 Å². The molecule has 0 saturated carbocycles. The average Bonchev–Trinajstić information content (AvgIpc) is 2.78. The van der Waals surface area contributed by atoms with Gasteiger partial charge in [-0.1, -0.05) is 91.0 Å². The fourth-order valence-electron chi connectivity index (χ4n) is 3.54. The highest BCUT2D eigenvalue weighted by molar-refractivity contribution is 5.32. The molecule has 0 heterocycles. The maximum atomic E-state index is 12.2. The summed E-state index contributed by atoms with van der Waals surface area (Å²) < 4.78 is 0. The van der Waals surface area contributed by atoms with Crippen LogP contribution >= 0.6 is 0 Å². The standard InChI is InChI=1S/C23H25N3O2/c1-19(20-11-5-2-6-12-20)25(26(28)24-27)18-17-23(21-13-7-3-8-14-21)22-15-9-4-10-16-22/h2-16,19,23,27H,17-18H2,1H3/p-1/b26-24-. The summed E-state index contributed by atoms with van der Waals surface area (Å²) in [5.41, 5.74) is 3.32. The lowest BCUT2D eigenvalue weighted by Crippen LogP contribution is -2.35. The van der Waals surface area contributed by atoms with Crippen LogP contribution in [0.5, 0.6) is 0 Å². The van der Waals surface area contributed by atoms with Crippen LogP contribution in [0.4, 0.5) is 0 Å². The van der Waals surface area contributed by atoms with Crippen LogP contribution in [-0.4, -0.2) is 16.5 Å². The Morgan fingerprint density at radius 3 is 1.64 bits per heavy atom. The summed E-state index contributed by atoms with van der Waals surface area (Å²) in [7, 11) is 0. The zero-order valence-electron chi connectivity index (χ0n) is 15.9. The fraction of sp³-hybridized carbons (Fsp3) is 0.217. The minimum atomic E-state index is -0.261. The smallest absolute Gasteiger partial charge is 0.110 e. The summed E-state index contributed by atoms with van der Waals surface area (Å²) in [5.74, 6) is 0.118. The number of benzene rings is 3. The van der Waals surface area contributed by atoms with E-state index in [-0.39, 0.29) is 16.9 Å². The van der Waals surface area contributed by atoms with E-state index in [0.29, 0.717) is 13.0 Å². The number of nitrogens with zero attached hydrogens (tertiary/aromatic N) is 3. The van der Waals surface area contributed by atoms with Crippen molar-refractivity contribution in [3.8, 4) is 0 Å². The van der Waals surface area contributed by atoms with Gasteiger partial charge in [0.15, 0.2) is 0 Å². The number of hydrogen-bond acceptors (Lipinski definition) is 3. The molecule has 1 unspecified atom stereocenters. The SMILES string of the molecule is CC(c1ccccc1)N(CCC(c1ccccc1)c1ccccc1)/[N+]([O-])=N/[O-]. The lowest BCUT2D eigenvalue weighted by Gasteiger charge is -2.28. The highest BCUT2D eigenvalue weighted by atomic mass is 16.6. The molecule has 144 valence electrons. The summed E-state index contributed by atoms with van der Waals surface area (Å²) in [6.45, 7) is 2.31. The summed E-state index contributed by atoms with van der Waals surface area (Å²) in [5, 5.41) is 27.3. The second-order valence-electron chi connectivity index (χ2n) is 6.75. The van der Waals surface area contributed by atoms with Crippen LogP contribution in [0.1, 0.15) is 42.0 Å². The van der Waals surface area contributed by atoms with Crippen molar-refractivity contribution in [2.24, 2.45) is 5.28 Å². The van der Waals surface area contributed by atoms with E-state index >= 15 is 0 Å². The topological polar surface area (TPSA) is 64.7 Å². The molecule has 28 heavy (non-hydrogen) atoms. The largest absolute Gasteiger partial charge is 0.737 e. The van der Waals surface area contributed by atoms with Gasteiger partial charge in [0, 0.05) is 10.9 Å². The third-order valence-electron chi connectivity index (χ3n) is 5.07. The minimum absolute atomic E-state index is 0.118. The third-order valence-corrected chi connectivity index (χ3v) is 5.07. The van der Waals surface area contributed by atoms with E-state index in [0.717, 1.165) is 5.56 Å². The zero-order valence-corrected chi connectivity index (χ0v) is 15.9. The fourth-order valence-corrected chi connectivity index (χ4v) is 3.54. The lowest BCUT2D eigenvalue weighted by atomic mass is 9.88. The molecule has 0 fully saturated rings. The molecule has 3 rings (SSSR count). The van der Waals surface area contributed by atoms with Gasteiger partial charge < -0.3 is 10.4 Å². The molecule has 0 aliphatic heterocycles. The quantitative estimate of drug-likeness (QED) is 0.291. The molecular weight excluding hydrogens is 350 g/mol. The molecule has 0 amide bonds. The Bertz CT molecular complexity index is 831. The lowest BCUT2D eigenvalue weighted by molar-refractivity contribution is -0.699. The van der Waals surface area contributed by atoms with E-state index in [9.17, 15) is 10.4 Å². The van der Waals surface area contributed by atoms with Crippen LogP contribution in [-0.2, 0) is 0 Å². The Labute approximate surface area is 165 Å². The number of hydrazine groups is 1. The van der Waals surface area contributed by atoms with Crippen molar-refractivity contribution in [2.75, 3.05) is 6.54 Å². The number of rotatable bonds is 8. The van der Waals surface area contributed by atoms with E-state index in [1.165, 1.54) is 16.1 Å². The van der Waals surface area contributed by atoms with Gasteiger partial charge in [0.2, 0.25) is 0 Å². The van der Waals surface area contributed by atoms with Crippen molar-refractivity contribution in [1.82, 2.24) is 5.01 Å². The molecule has 0 saturated heterocycles. The average molecular weight is 374 g/mol. The van der Waals surface area contributed by atoms with Gasteiger partial charge in [-0.3, -0.25) is 0 Å². The van der Waals surface area contributed by atoms with Gasteiger partial charge in [-0.2, -0.15) is 0 Å². The highest BCUT2D eigenvalue weighted by Crippen LogP contribution is 2.30. The van der Waals surface area contributed by atoms with Crippen molar-refractivity contribution in [1.29, 1.82) is 0 Å². The Morgan fingerprint density at radius 1 is 0.786 bits per heavy atom. The molecule has 3 aromatic carbocycles. The molecule has 5 heteroatoms. The summed E-state index contributed by atoms with van der Waals surface area (Å²) in [6.07, 6.45) is 0.680. The van der Waals surface area contributed by atoms with Crippen LogP contribution in [0.2, 0.25) is 0 Å². The Balaban J connectivity index is 1.85. The second-order valence-corrected chi connectivity index (χ2v) is 6.75. The van der Waals surface area contributed by atoms with Crippen LogP contribution in [0, 0.1) is 10.4 Å². The number of hydrogen-bond donors (Lipinski definition) is 0. The first-order valence-electron chi connectivity index (χ1n) is 9.42. The van der Waals surface area contributed by atoms with Crippen molar-refractivity contribution in [3.05, 3.63) is 118 Å². The van der Waals surface area contributed by atoms with Crippen molar-refractivity contribution >= 4 is 0 Å². The van der Waals surface area contributed by atoms with E-state index < -0.39 is 0 Å². The van der Waals surface area contributed by atoms with Gasteiger partial charge >= 0.3 is 0 Å². The zero-order chi connectivity index (χ0) is 19.8. The first kappa shape index (κ1) is 19.4. The predicted octanol–water partition coefficient (Wildman–Crippen LogP) is 5.65. The van der Waals surface area contributed by atoms with Gasteiger partial charge in [-0.05, 0) is 35.3 Å². The third kappa shape index (κ3) is 4.68. The molecule has 0 aliphatic carbocycles. The van der Waals surface area contributed by atoms with E-state index in [1.807, 2.05) is 73.7 Å². The Kier molecular flexibility index (Phi) is 6.63. The molecule has 0 bridgehead atoms. The van der Waals surface area contributed by atoms with Crippen LogP contribution in [0.25, 0.3) is 0 Å². The summed E-state index contributed by atoms with van der Waals surface area (Å²) in [4.78, 5) is 0.171. The molecule has 0 N–H and O–H groups in total. The molecule has 0 spiro atoms. The predicted molar refractivity (Wildman–Crippen MR) is 110 cm³/mol. The molecule has 1 atom stereocenters. The van der Waals surface area contributed by atoms with E-state index in [2.05, 4.69) is 29.5 Å². The summed E-state index contributed by atoms with van der Waals surface area (Å²) in [6, 6.07) is 29.8. The monoisotopic (exact) mass is 374 g/mol. The maximum Gasteiger partial charge on any atom is 0.110 e. The van der Waals surface area contributed by atoms with Gasteiger partial charge in [0.1, 0.15) is 6.04 Å². The van der Waals surface area contributed by atoms with Gasteiger partial charge in [-0.25, -0.2) is 0 Å². The highest BCUT2D eigenvalue weighted by Gasteiger charge is 2.24. The molecule has 0 aromatic heterocycles. The normalized spacial score (nSPS) is 12.7. The first-order valence-corrected chi connectivity index (χ1v) is 9.42.